The van der Waals surface area contributed by atoms with E-state index in [4.69, 9.17) is 0 Å². The van der Waals surface area contributed by atoms with Gasteiger partial charge >= 0.3 is 6.03 Å². The maximum Gasteiger partial charge on any atom is 0.317 e. The van der Waals surface area contributed by atoms with E-state index < -0.39 is 0 Å². The minimum Gasteiger partial charge on any atom is -0.342 e. The third-order valence-electron chi connectivity index (χ3n) is 5.71. The fourth-order valence-corrected chi connectivity index (χ4v) is 5.17. The zero-order valence-electron chi connectivity index (χ0n) is 16.0. The molecule has 2 aliphatic heterocycles. The van der Waals surface area contributed by atoms with E-state index in [0.29, 0.717) is 6.54 Å². The highest BCUT2D eigenvalue weighted by molar-refractivity contribution is 7.99. The summed E-state index contributed by atoms with van der Waals surface area (Å²) < 4.78 is 0. The SMILES string of the molecule is Cc1cccc2[nH]c(CCNC(=O)N3CCN(C4CCSCC4)CC3)nc12. The lowest BCUT2D eigenvalue weighted by atomic mass is 10.1. The Morgan fingerprint density at radius 2 is 2.04 bits per heavy atom. The highest BCUT2D eigenvalue weighted by atomic mass is 32.2. The zero-order valence-corrected chi connectivity index (χ0v) is 16.9. The number of fused-ring (bicyclic) bond motifs is 1. The number of urea groups is 1. The van der Waals surface area contributed by atoms with Crippen LogP contribution in [-0.2, 0) is 6.42 Å². The average Bonchev–Trinajstić information content (AvgIpc) is 3.13. The summed E-state index contributed by atoms with van der Waals surface area (Å²) in [7, 11) is 0. The molecule has 2 aromatic rings. The van der Waals surface area contributed by atoms with Gasteiger partial charge in [0.25, 0.3) is 0 Å². The summed E-state index contributed by atoms with van der Waals surface area (Å²) in [6.07, 6.45) is 3.32. The van der Waals surface area contributed by atoms with Gasteiger partial charge in [-0.25, -0.2) is 9.78 Å². The monoisotopic (exact) mass is 387 g/mol. The number of imidazole rings is 1. The molecule has 0 aliphatic carbocycles. The second-order valence-corrected chi connectivity index (χ2v) is 8.73. The number of piperazine rings is 1. The summed E-state index contributed by atoms with van der Waals surface area (Å²) in [4.78, 5) is 25.0. The Morgan fingerprint density at radius 3 is 2.78 bits per heavy atom. The first-order valence-corrected chi connectivity index (χ1v) is 11.1. The molecule has 1 aromatic carbocycles. The summed E-state index contributed by atoms with van der Waals surface area (Å²) in [6.45, 7) is 6.36. The van der Waals surface area contributed by atoms with Gasteiger partial charge in [-0.3, -0.25) is 4.90 Å². The van der Waals surface area contributed by atoms with E-state index in [9.17, 15) is 4.79 Å². The molecule has 146 valence electrons. The van der Waals surface area contributed by atoms with Gasteiger partial charge in [0, 0.05) is 45.2 Å². The highest BCUT2D eigenvalue weighted by Crippen LogP contribution is 2.22. The topological polar surface area (TPSA) is 64.3 Å². The van der Waals surface area contributed by atoms with Crippen molar-refractivity contribution in [3.8, 4) is 0 Å². The average molecular weight is 388 g/mol. The molecule has 3 heterocycles. The number of amides is 2. The molecule has 2 amide bonds. The summed E-state index contributed by atoms with van der Waals surface area (Å²) in [6, 6.07) is 6.93. The quantitative estimate of drug-likeness (QED) is 0.847. The number of aryl methyl sites for hydroxylation is 1. The second kappa shape index (κ2) is 8.52. The van der Waals surface area contributed by atoms with Crippen molar-refractivity contribution >= 4 is 28.8 Å². The van der Waals surface area contributed by atoms with Gasteiger partial charge in [-0.15, -0.1) is 0 Å². The largest absolute Gasteiger partial charge is 0.342 e. The Hall–Kier alpha value is -1.73. The number of rotatable bonds is 4. The number of para-hydroxylation sites is 1. The van der Waals surface area contributed by atoms with Crippen LogP contribution in [-0.4, -0.2) is 76.1 Å². The Kier molecular flexibility index (Phi) is 5.88. The smallest absolute Gasteiger partial charge is 0.317 e. The molecular weight excluding hydrogens is 358 g/mol. The van der Waals surface area contributed by atoms with Gasteiger partial charge in [0.2, 0.25) is 0 Å². The molecule has 0 spiro atoms. The van der Waals surface area contributed by atoms with Crippen LogP contribution in [0.3, 0.4) is 0 Å². The Balaban J connectivity index is 1.22. The molecule has 2 aliphatic rings. The third-order valence-corrected chi connectivity index (χ3v) is 6.76. The number of thioether (sulfide) groups is 1. The van der Waals surface area contributed by atoms with Crippen molar-refractivity contribution in [2.45, 2.75) is 32.2 Å². The number of H-pyrrole nitrogens is 1. The molecule has 7 heteroatoms. The number of aromatic nitrogens is 2. The van der Waals surface area contributed by atoms with E-state index in [1.807, 2.05) is 17.0 Å². The molecule has 0 radical (unpaired) electrons. The summed E-state index contributed by atoms with van der Waals surface area (Å²) in [5, 5.41) is 3.06. The lowest BCUT2D eigenvalue weighted by molar-refractivity contribution is 0.104. The van der Waals surface area contributed by atoms with Crippen molar-refractivity contribution in [3.05, 3.63) is 29.6 Å². The van der Waals surface area contributed by atoms with Crippen molar-refractivity contribution in [2.24, 2.45) is 0 Å². The molecule has 0 bridgehead atoms. The molecule has 2 fully saturated rings. The van der Waals surface area contributed by atoms with Crippen LogP contribution in [0.1, 0.15) is 24.2 Å². The number of hydrogen-bond acceptors (Lipinski definition) is 4. The van der Waals surface area contributed by atoms with E-state index in [-0.39, 0.29) is 6.03 Å². The maximum absolute atomic E-state index is 12.5. The van der Waals surface area contributed by atoms with Crippen molar-refractivity contribution in [1.29, 1.82) is 0 Å². The minimum atomic E-state index is 0.0566. The van der Waals surface area contributed by atoms with Gasteiger partial charge in [-0.05, 0) is 42.9 Å². The van der Waals surface area contributed by atoms with Crippen molar-refractivity contribution < 1.29 is 4.79 Å². The number of nitrogens with one attached hydrogen (secondary N) is 2. The molecule has 4 rings (SSSR count). The van der Waals surface area contributed by atoms with Crippen LogP contribution in [0.25, 0.3) is 11.0 Å². The highest BCUT2D eigenvalue weighted by Gasteiger charge is 2.27. The molecule has 6 nitrogen and oxygen atoms in total. The maximum atomic E-state index is 12.5. The first kappa shape index (κ1) is 18.6. The van der Waals surface area contributed by atoms with Crippen LogP contribution in [0.2, 0.25) is 0 Å². The minimum absolute atomic E-state index is 0.0566. The van der Waals surface area contributed by atoms with Crippen LogP contribution in [0.15, 0.2) is 18.2 Å². The van der Waals surface area contributed by atoms with E-state index in [2.05, 4.69) is 44.9 Å². The van der Waals surface area contributed by atoms with Crippen molar-refractivity contribution in [1.82, 2.24) is 25.1 Å². The van der Waals surface area contributed by atoms with Crippen LogP contribution in [0.4, 0.5) is 4.79 Å². The first-order chi connectivity index (χ1) is 13.2. The standard InChI is InChI=1S/C20H29N5OS/c1-15-3-2-4-17-19(15)23-18(22-17)5-8-21-20(26)25-11-9-24(10-12-25)16-6-13-27-14-7-16/h2-4,16H,5-14H2,1H3,(H,21,26)(H,22,23). The molecular formula is C20H29N5OS. The first-order valence-electron chi connectivity index (χ1n) is 9.99. The predicted octanol–water partition coefficient (Wildman–Crippen LogP) is 2.64. The van der Waals surface area contributed by atoms with Crippen LogP contribution in [0.5, 0.6) is 0 Å². The summed E-state index contributed by atoms with van der Waals surface area (Å²) in [5.41, 5.74) is 3.26. The Bertz CT molecular complexity index is 778. The fraction of sp³-hybridized carbons (Fsp3) is 0.600. The fourth-order valence-electron chi connectivity index (χ4n) is 4.09. The second-order valence-electron chi connectivity index (χ2n) is 7.50. The van der Waals surface area contributed by atoms with E-state index in [1.165, 1.54) is 29.9 Å². The number of carbonyl (C=O) groups is 1. The van der Waals surface area contributed by atoms with Crippen LogP contribution < -0.4 is 5.32 Å². The summed E-state index contributed by atoms with van der Waals surface area (Å²) >= 11 is 2.07. The Morgan fingerprint density at radius 1 is 1.26 bits per heavy atom. The molecule has 2 N–H and O–H groups in total. The third kappa shape index (κ3) is 4.41. The lowest BCUT2D eigenvalue weighted by Gasteiger charge is -2.40. The number of carbonyl (C=O) groups excluding carboxylic acids is 1. The molecule has 0 unspecified atom stereocenters. The summed E-state index contributed by atoms with van der Waals surface area (Å²) in [5.74, 6) is 3.50. The molecule has 1 aromatic heterocycles. The van der Waals surface area contributed by atoms with Crippen molar-refractivity contribution in [3.63, 3.8) is 0 Å². The number of benzene rings is 1. The van der Waals surface area contributed by atoms with E-state index in [0.717, 1.165) is 55.5 Å². The number of aromatic amines is 1. The van der Waals surface area contributed by atoms with Gasteiger partial charge in [-0.1, -0.05) is 12.1 Å². The van der Waals surface area contributed by atoms with E-state index >= 15 is 0 Å². The molecule has 27 heavy (non-hydrogen) atoms. The zero-order chi connectivity index (χ0) is 18.6. The van der Waals surface area contributed by atoms with Gasteiger partial charge < -0.3 is 15.2 Å². The van der Waals surface area contributed by atoms with Gasteiger partial charge in [0.1, 0.15) is 5.82 Å². The number of nitrogens with zero attached hydrogens (tertiary/aromatic N) is 3. The van der Waals surface area contributed by atoms with Gasteiger partial charge in [-0.2, -0.15) is 11.8 Å². The number of hydrogen-bond donors (Lipinski definition) is 2. The van der Waals surface area contributed by atoms with Crippen LogP contribution >= 0.6 is 11.8 Å². The van der Waals surface area contributed by atoms with Gasteiger partial charge in [0.05, 0.1) is 11.0 Å². The normalized spacial score (nSPS) is 19.5. The lowest BCUT2D eigenvalue weighted by Crippen LogP contribution is -2.54. The Labute approximate surface area is 165 Å². The van der Waals surface area contributed by atoms with Gasteiger partial charge in [0.15, 0.2) is 0 Å². The molecule has 2 saturated heterocycles. The molecule has 0 saturated carbocycles. The van der Waals surface area contributed by atoms with Crippen molar-refractivity contribution in [2.75, 3.05) is 44.2 Å². The van der Waals surface area contributed by atoms with E-state index in [1.54, 1.807) is 0 Å². The van der Waals surface area contributed by atoms with Crippen LogP contribution in [0, 0.1) is 6.92 Å². The molecule has 0 atom stereocenters. The predicted molar refractivity (Wildman–Crippen MR) is 111 cm³/mol.